The van der Waals surface area contributed by atoms with Gasteiger partial charge in [-0.3, -0.25) is 14.5 Å². The summed E-state index contributed by atoms with van der Waals surface area (Å²) < 4.78 is 12.9. The molecule has 0 spiro atoms. The van der Waals surface area contributed by atoms with Gasteiger partial charge in [-0.15, -0.1) is 0 Å². The average Bonchev–Trinajstić information content (AvgIpc) is 2.65. The predicted molar refractivity (Wildman–Crippen MR) is 103 cm³/mol. The number of halogens is 1. The zero-order chi connectivity index (χ0) is 19.4. The van der Waals surface area contributed by atoms with E-state index in [1.165, 1.54) is 24.3 Å². The van der Waals surface area contributed by atoms with Gasteiger partial charge < -0.3 is 16.0 Å². The Morgan fingerprint density at radius 1 is 1.07 bits per heavy atom. The van der Waals surface area contributed by atoms with E-state index in [0.29, 0.717) is 43.1 Å². The van der Waals surface area contributed by atoms with Crippen molar-refractivity contribution in [2.45, 2.75) is 6.92 Å². The van der Waals surface area contributed by atoms with Crippen LogP contribution < -0.4 is 11.1 Å². The average molecular weight is 370 g/mol. The zero-order valence-electron chi connectivity index (χ0n) is 15.2. The Balaban J connectivity index is 1.51. The number of nitrogen functional groups attached to an aromatic ring is 1. The molecule has 1 aliphatic rings. The van der Waals surface area contributed by atoms with Gasteiger partial charge in [-0.2, -0.15) is 0 Å². The summed E-state index contributed by atoms with van der Waals surface area (Å²) in [5.41, 5.74) is 8.45. The second kappa shape index (κ2) is 8.18. The van der Waals surface area contributed by atoms with Crippen LogP contribution in [0.15, 0.2) is 42.5 Å². The maximum Gasteiger partial charge on any atom is 0.254 e. The largest absolute Gasteiger partial charge is 0.399 e. The van der Waals surface area contributed by atoms with Crippen molar-refractivity contribution in [3.8, 4) is 0 Å². The van der Waals surface area contributed by atoms with E-state index in [4.69, 9.17) is 5.73 Å². The summed E-state index contributed by atoms with van der Waals surface area (Å²) in [6.07, 6.45) is 0. The fraction of sp³-hybridized carbons (Fsp3) is 0.300. The molecular formula is C20H23FN4O2. The lowest BCUT2D eigenvalue weighted by molar-refractivity contribution is -0.117. The number of nitrogens with zero attached hydrogens (tertiary/aromatic N) is 2. The SMILES string of the molecule is Cc1ccc(N)cc1C(=O)N1CCN(CC(=O)Nc2ccc(F)cc2)CC1. The second-order valence-corrected chi connectivity index (χ2v) is 6.70. The first-order valence-corrected chi connectivity index (χ1v) is 8.85. The number of piperazine rings is 1. The lowest BCUT2D eigenvalue weighted by Gasteiger charge is -2.34. The summed E-state index contributed by atoms with van der Waals surface area (Å²) in [7, 11) is 0. The van der Waals surface area contributed by atoms with E-state index in [1.807, 2.05) is 17.9 Å². The number of anilines is 2. The van der Waals surface area contributed by atoms with Gasteiger partial charge >= 0.3 is 0 Å². The van der Waals surface area contributed by atoms with Crippen molar-refractivity contribution in [1.82, 2.24) is 9.80 Å². The molecule has 2 amide bonds. The molecule has 7 heteroatoms. The number of carbonyl (C=O) groups is 2. The minimum Gasteiger partial charge on any atom is -0.399 e. The third kappa shape index (κ3) is 4.83. The molecule has 3 rings (SSSR count). The molecule has 0 saturated carbocycles. The third-order valence-electron chi connectivity index (χ3n) is 4.65. The highest BCUT2D eigenvalue weighted by Gasteiger charge is 2.24. The molecule has 0 unspecified atom stereocenters. The van der Waals surface area contributed by atoms with Crippen molar-refractivity contribution >= 4 is 23.2 Å². The first kappa shape index (κ1) is 18.8. The summed E-state index contributed by atoms with van der Waals surface area (Å²) in [6.45, 7) is 4.46. The summed E-state index contributed by atoms with van der Waals surface area (Å²) >= 11 is 0. The Hall–Kier alpha value is -2.93. The van der Waals surface area contributed by atoms with Crippen LogP contribution in [0.25, 0.3) is 0 Å². The number of benzene rings is 2. The van der Waals surface area contributed by atoms with Gasteiger partial charge in [0.25, 0.3) is 5.91 Å². The molecule has 6 nitrogen and oxygen atoms in total. The standard InChI is InChI=1S/C20H23FN4O2/c1-14-2-5-16(22)12-18(14)20(27)25-10-8-24(9-11-25)13-19(26)23-17-6-3-15(21)4-7-17/h2-7,12H,8-11,13,22H2,1H3,(H,23,26). The highest BCUT2D eigenvalue weighted by molar-refractivity contribution is 5.96. The molecule has 3 N–H and O–H groups in total. The number of aryl methyl sites for hydroxylation is 1. The Morgan fingerprint density at radius 2 is 1.74 bits per heavy atom. The lowest BCUT2D eigenvalue weighted by atomic mass is 10.1. The zero-order valence-corrected chi connectivity index (χ0v) is 15.2. The molecular weight excluding hydrogens is 347 g/mol. The first-order valence-electron chi connectivity index (χ1n) is 8.85. The Kier molecular flexibility index (Phi) is 5.71. The van der Waals surface area contributed by atoms with Crippen LogP contribution in [0.2, 0.25) is 0 Å². The van der Waals surface area contributed by atoms with E-state index in [0.717, 1.165) is 5.56 Å². The van der Waals surface area contributed by atoms with Crippen LogP contribution in [0.3, 0.4) is 0 Å². The Labute approximate surface area is 157 Å². The molecule has 2 aromatic carbocycles. The number of rotatable bonds is 4. The molecule has 1 fully saturated rings. The second-order valence-electron chi connectivity index (χ2n) is 6.70. The van der Waals surface area contributed by atoms with Crippen LogP contribution in [0.1, 0.15) is 15.9 Å². The molecule has 1 heterocycles. The monoisotopic (exact) mass is 370 g/mol. The number of amides is 2. The van der Waals surface area contributed by atoms with Gasteiger partial charge in [0, 0.05) is 43.1 Å². The molecule has 0 aromatic heterocycles. The van der Waals surface area contributed by atoms with Gasteiger partial charge in [0.05, 0.1) is 6.54 Å². The topological polar surface area (TPSA) is 78.7 Å². The van der Waals surface area contributed by atoms with Crippen molar-refractivity contribution in [3.05, 3.63) is 59.4 Å². The smallest absolute Gasteiger partial charge is 0.254 e. The quantitative estimate of drug-likeness (QED) is 0.808. The molecule has 0 radical (unpaired) electrons. The summed E-state index contributed by atoms with van der Waals surface area (Å²) in [5.74, 6) is -0.535. The lowest BCUT2D eigenvalue weighted by Crippen LogP contribution is -2.50. The highest BCUT2D eigenvalue weighted by Crippen LogP contribution is 2.16. The normalized spacial score (nSPS) is 14.8. The molecule has 0 aliphatic carbocycles. The molecule has 2 aromatic rings. The number of carbonyl (C=O) groups excluding carboxylic acids is 2. The van der Waals surface area contributed by atoms with Gasteiger partial charge in [0.2, 0.25) is 5.91 Å². The Bertz CT molecular complexity index is 830. The fourth-order valence-electron chi connectivity index (χ4n) is 3.09. The van der Waals surface area contributed by atoms with Crippen LogP contribution >= 0.6 is 0 Å². The van der Waals surface area contributed by atoms with Crippen molar-refractivity contribution in [2.24, 2.45) is 0 Å². The predicted octanol–water partition coefficient (Wildman–Crippen LogP) is 2.11. The molecule has 142 valence electrons. The van der Waals surface area contributed by atoms with Gasteiger partial charge in [0.15, 0.2) is 0 Å². The van der Waals surface area contributed by atoms with Gasteiger partial charge in [0.1, 0.15) is 5.82 Å². The minimum absolute atomic E-state index is 0.0322. The van der Waals surface area contributed by atoms with Crippen molar-refractivity contribution < 1.29 is 14.0 Å². The van der Waals surface area contributed by atoms with E-state index in [-0.39, 0.29) is 24.2 Å². The number of hydrogen-bond donors (Lipinski definition) is 2. The Morgan fingerprint density at radius 3 is 2.41 bits per heavy atom. The maximum absolute atomic E-state index is 12.9. The third-order valence-corrected chi connectivity index (χ3v) is 4.65. The molecule has 1 saturated heterocycles. The summed E-state index contributed by atoms with van der Waals surface area (Å²) in [5, 5.41) is 2.75. The number of hydrogen-bond acceptors (Lipinski definition) is 4. The van der Waals surface area contributed by atoms with Crippen LogP contribution in [0.5, 0.6) is 0 Å². The van der Waals surface area contributed by atoms with Crippen molar-refractivity contribution in [2.75, 3.05) is 43.8 Å². The summed E-state index contributed by atoms with van der Waals surface area (Å²) in [6, 6.07) is 11.0. The van der Waals surface area contributed by atoms with E-state index in [2.05, 4.69) is 5.32 Å². The van der Waals surface area contributed by atoms with Crippen molar-refractivity contribution in [3.63, 3.8) is 0 Å². The highest BCUT2D eigenvalue weighted by atomic mass is 19.1. The number of nitrogens with two attached hydrogens (primary N) is 1. The van der Waals surface area contributed by atoms with Gasteiger partial charge in [-0.25, -0.2) is 4.39 Å². The van der Waals surface area contributed by atoms with Crippen LogP contribution in [0, 0.1) is 12.7 Å². The first-order chi connectivity index (χ1) is 12.9. The van der Waals surface area contributed by atoms with E-state index >= 15 is 0 Å². The van der Waals surface area contributed by atoms with E-state index in [1.54, 1.807) is 17.0 Å². The molecule has 0 atom stereocenters. The van der Waals surface area contributed by atoms with Crippen LogP contribution in [0.4, 0.5) is 15.8 Å². The van der Waals surface area contributed by atoms with Gasteiger partial charge in [-0.05, 0) is 48.9 Å². The van der Waals surface area contributed by atoms with Crippen LogP contribution in [-0.2, 0) is 4.79 Å². The summed E-state index contributed by atoms with van der Waals surface area (Å²) in [4.78, 5) is 28.6. The maximum atomic E-state index is 12.9. The minimum atomic E-state index is -0.343. The van der Waals surface area contributed by atoms with E-state index < -0.39 is 0 Å². The molecule has 27 heavy (non-hydrogen) atoms. The van der Waals surface area contributed by atoms with E-state index in [9.17, 15) is 14.0 Å². The molecule has 0 bridgehead atoms. The van der Waals surface area contributed by atoms with Gasteiger partial charge in [-0.1, -0.05) is 6.07 Å². The fourth-order valence-corrected chi connectivity index (χ4v) is 3.09. The molecule has 1 aliphatic heterocycles. The van der Waals surface area contributed by atoms with Crippen molar-refractivity contribution in [1.29, 1.82) is 0 Å². The number of nitrogens with one attached hydrogen (secondary N) is 1. The van der Waals surface area contributed by atoms with Crippen LogP contribution in [-0.4, -0.2) is 54.3 Å².